The van der Waals surface area contributed by atoms with Gasteiger partial charge in [0, 0.05) is 5.33 Å². The zero-order valence-corrected chi connectivity index (χ0v) is 10.2. The lowest BCUT2D eigenvalue weighted by Gasteiger charge is -2.03. The van der Waals surface area contributed by atoms with Gasteiger partial charge in [0.2, 0.25) is 0 Å². The summed E-state index contributed by atoms with van der Waals surface area (Å²) in [5, 5.41) is 1.01. The topological polar surface area (TPSA) is 9.23 Å². The van der Waals surface area contributed by atoms with Crippen LogP contribution >= 0.6 is 15.9 Å². The number of hydrogen-bond acceptors (Lipinski definition) is 1. The molecule has 0 unspecified atom stereocenters. The van der Waals surface area contributed by atoms with Crippen LogP contribution < -0.4 is 4.74 Å². The third-order valence-corrected chi connectivity index (χ3v) is 2.56. The van der Waals surface area contributed by atoms with E-state index in [4.69, 9.17) is 4.74 Å². The summed E-state index contributed by atoms with van der Waals surface area (Å²) in [6.07, 6.45) is 3.30. The van der Waals surface area contributed by atoms with Gasteiger partial charge in [0.25, 0.3) is 0 Å². The molecule has 0 aliphatic heterocycles. The molecule has 0 atom stereocenters. The molecule has 0 aliphatic carbocycles. The lowest BCUT2D eigenvalue weighted by Crippen LogP contribution is -1.84. The van der Waals surface area contributed by atoms with Crippen LogP contribution in [-0.2, 0) is 0 Å². The molecular weight excluding hydrogens is 240 g/mol. The first-order valence-corrected chi connectivity index (χ1v) is 5.77. The average molecular weight is 255 g/mol. The van der Waals surface area contributed by atoms with E-state index in [1.807, 2.05) is 12.1 Å². The van der Waals surface area contributed by atoms with E-state index in [0.29, 0.717) is 0 Å². The molecule has 0 aromatic heterocycles. The minimum atomic E-state index is 0.905. The van der Waals surface area contributed by atoms with Crippen LogP contribution in [0.1, 0.15) is 18.9 Å². The van der Waals surface area contributed by atoms with Crippen LogP contribution in [0.4, 0.5) is 0 Å². The summed E-state index contributed by atoms with van der Waals surface area (Å²) in [5.41, 5.74) is 2.57. The molecule has 1 aromatic carbocycles. The summed E-state index contributed by atoms with van der Waals surface area (Å²) in [6, 6.07) is 8.14. The van der Waals surface area contributed by atoms with Crippen molar-refractivity contribution < 1.29 is 4.74 Å². The number of halogens is 1. The molecule has 1 nitrogen and oxygen atoms in total. The van der Waals surface area contributed by atoms with E-state index in [1.54, 1.807) is 7.11 Å². The maximum absolute atomic E-state index is 5.10. The Balaban J connectivity index is 2.76. The van der Waals surface area contributed by atoms with Crippen molar-refractivity contribution in [1.82, 2.24) is 0 Å². The number of hydrogen-bond donors (Lipinski definition) is 0. The van der Waals surface area contributed by atoms with Gasteiger partial charge in [-0.15, -0.1) is 0 Å². The molecule has 0 fully saturated rings. The first kappa shape index (κ1) is 11.3. The number of alkyl halides is 1. The van der Waals surface area contributed by atoms with Gasteiger partial charge in [-0.3, -0.25) is 0 Å². The summed E-state index contributed by atoms with van der Waals surface area (Å²) < 4.78 is 5.10. The van der Waals surface area contributed by atoms with E-state index in [-0.39, 0.29) is 0 Å². The molecule has 0 bridgehead atoms. The summed E-state index contributed by atoms with van der Waals surface area (Å²) in [5.74, 6) is 0.905. The van der Waals surface area contributed by atoms with Crippen LogP contribution in [-0.4, -0.2) is 12.4 Å². The first-order valence-electron chi connectivity index (χ1n) is 4.65. The smallest absolute Gasteiger partial charge is 0.118 e. The Morgan fingerprint density at radius 2 is 2.00 bits per heavy atom. The highest BCUT2D eigenvalue weighted by molar-refractivity contribution is 9.09. The van der Waals surface area contributed by atoms with Crippen molar-refractivity contribution in [2.45, 2.75) is 13.3 Å². The highest BCUT2D eigenvalue weighted by Gasteiger charge is 1.95. The van der Waals surface area contributed by atoms with Crippen molar-refractivity contribution in [3.05, 3.63) is 35.9 Å². The fraction of sp³-hybridized carbons (Fsp3) is 0.333. The average Bonchev–Trinajstić information content (AvgIpc) is 2.26. The largest absolute Gasteiger partial charge is 0.497 e. The highest BCUT2D eigenvalue weighted by atomic mass is 79.9. The number of methoxy groups -OCH3 is 1. The molecule has 0 radical (unpaired) electrons. The fourth-order valence-electron chi connectivity index (χ4n) is 1.24. The first-order chi connectivity index (χ1) is 6.77. The van der Waals surface area contributed by atoms with E-state index < -0.39 is 0 Å². The lowest BCUT2D eigenvalue weighted by molar-refractivity contribution is 0.415. The summed E-state index contributed by atoms with van der Waals surface area (Å²) in [4.78, 5) is 0. The molecule has 0 saturated carbocycles. The van der Waals surface area contributed by atoms with E-state index in [2.05, 4.69) is 41.1 Å². The van der Waals surface area contributed by atoms with Gasteiger partial charge in [-0.2, -0.15) is 0 Å². The molecule has 76 valence electrons. The van der Waals surface area contributed by atoms with Crippen molar-refractivity contribution in [3.8, 4) is 5.75 Å². The minimum Gasteiger partial charge on any atom is -0.497 e. The predicted molar refractivity (Wildman–Crippen MR) is 65.1 cm³/mol. The van der Waals surface area contributed by atoms with Crippen LogP contribution in [0.25, 0.3) is 5.57 Å². The predicted octanol–water partition coefficient (Wildman–Crippen LogP) is 3.88. The van der Waals surface area contributed by atoms with Crippen LogP contribution in [0.3, 0.4) is 0 Å². The number of ether oxygens (including phenoxy) is 1. The highest BCUT2D eigenvalue weighted by Crippen LogP contribution is 2.18. The summed E-state index contributed by atoms with van der Waals surface area (Å²) in [7, 11) is 1.68. The van der Waals surface area contributed by atoms with Crippen molar-refractivity contribution in [1.29, 1.82) is 0 Å². The monoisotopic (exact) mass is 254 g/mol. The Morgan fingerprint density at radius 1 is 1.36 bits per heavy atom. The van der Waals surface area contributed by atoms with Crippen molar-refractivity contribution >= 4 is 21.5 Å². The summed E-state index contributed by atoms with van der Waals surface area (Å²) >= 11 is 3.41. The Kier molecular flexibility index (Phi) is 4.74. The molecule has 0 N–H and O–H groups in total. The lowest BCUT2D eigenvalue weighted by atomic mass is 10.1. The van der Waals surface area contributed by atoms with Crippen LogP contribution in [0.15, 0.2) is 30.3 Å². The van der Waals surface area contributed by atoms with Gasteiger partial charge < -0.3 is 4.74 Å². The number of allylic oxidation sites excluding steroid dienone is 2. The van der Waals surface area contributed by atoms with E-state index >= 15 is 0 Å². The number of rotatable bonds is 4. The Labute approximate surface area is 93.9 Å². The second kappa shape index (κ2) is 5.86. The second-order valence-electron chi connectivity index (χ2n) is 3.09. The van der Waals surface area contributed by atoms with Crippen molar-refractivity contribution in [2.75, 3.05) is 12.4 Å². The third kappa shape index (κ3) is 3.18. The van der Waals surface area contributed by atoms with E-state index in [0.717, 1.165) is 17.5 Å². The molecule has 0 spiro atoms. The second-order valence-corrected chi connectivity index (χ2v) is 3.89. The van der Waals surface area contributed by atoms with Crippen LogP contribution in [0.5, 0.6) is 5.75 Å². The molecule has 0 heterocycles. The standard InChI is InChI=1S/C12H15BrO/c1-10(4-3-9-13)11-5-7-12(14-2)8-6-11/h4-8H,3,9H2,1-2H3/b10-4-. The van der Waals surface area contributed by atoms with Gasteiger partial charge in [0.1, 0.15) is 5.75 Å². The minimum absolute atomic E-state index is 0.905. The van der Waals surface area contributed by atoms with Crippen molar-refractivity contribution in [2.24, 2.45) is 0 Å². The fourth-order valence-corrected chi connectivity index (χ4v) is 1.47. The molecule has 0 saturated heterocycles. The maximum atomic E-state index is 5.10. The molecule has 2 heteroatoms. The molecule has 1 aromatic rings. The molecular formula is C12H15BrO. The third-order valence-electron chi connectivity index (χ3n) is 2.10. The number of benzene rings is 1. The van der Waals surface area contributed by atoms with Gasteiger partial charge in [0.15, 0.2) is 0 Å². The molecule has 0 amide bonds. The SMILES string of the molecule is COc1ccc(/C(C)=C\CCBr)cc1. The van der Waals surface area contributed by atoms with Gasteiger partial charge >= 0.3 is 0 Å². The van der Waals surface area contributed by atoms with Crippen LogP contribution in [0, 0.1) is 0 Å². The zero-order chi connectivity index (χ0) is 10.4. The van der Waals surface area contributed by atoms with Gasteiger partial charge in [0.05, 0.1) is 7.11 Å². The van der Waals surface area contributed by atoms with E-state index in [1.165, 1.54) is 11.1 Å². The Morgan fingerprint density at radius 3 is 2.50 bits per heavy atom. The Hall–Kier alpha value is -0.760. The maximum Gasteiger partial charge on any atom is 0.118 e. The van der Waals surface area contributed by atoms with Gasteiger partial charge in [-0.25, -0.2) is 0 Å². The Bertz CT molecular complexity index is 301. The van der Waals surface area contributed by atoms with Crippen molar-refractivity contribution in [3.63, 3.8) is 0 Å². The molecule has 14 heavy (non-hydrogen) atoms. The molecule has 1 rings (SSSR count). The zero-order valence-electron chi connectivity index (χ0n) is 8.59. The summed E-state index contributed by atoms with van der Waals surface area (Å²) in [6.45, 7) is 2.13. The molecule has 0 aliphatic rings. The van der Waals surface area contributed by atoms with Gasteiger partial charge in [-0.1, -0.05) is 34.1 Å². The normalized spacial score (nSPS) is 11.5. The van der Waals surface area contributed by atoms with E-state index in [9.17, 15) is 0 Å². The van der Waals surface area contributed by atoms with Gasteiger partial charge in [-0.05, 0) is 36.6 Å². The van der Waals surface area contributed by atoms with Crippen LogP contribution in [0.2, 0.25) is 0 Å². The quantitative estimate of drug-likeness (QED) is 0.742.